The maximum Gasteiger partial charge on any atom is 0.273 e. The number of nitrogens with one attached hydrogen (secondary N) is 2. The van der Waals surface area contributed by atoms with Gasteiger partial charge in [-0.15, -0.1) is 0 Å². The topological polar surface area (TPSA) is 96.6 Å². The summed E-state index contributed by atoms with van der Waals surface area (Å²) in [6.07, 6.45) is 0.0488. The van der Waals surface area contributed by atoms with Gasteiger partial charge in [-0.05, 0) is 43.3 Å². The lowest BCUT2D eigenvalue weighted by Gasteiger charge is -2.06. The van der Waals surface area contributed by atoms with Gasteiger partial charge in [-0.3, -0.25) is 9.59 Å². The van der Waals surface area contributed by atoms with Crippen LogP contribution in [0.1, 0.15) is 23.7 Å². The van der Waals surface area contributed by atoms with E-state index in [0.29, 0.717) is 27.7 Å². The van der Waals surface area contributed by atoms with E-state index < -0.39 is 5.91 Å². The number of hydrazone groups is 1. The predicted octanol–water partition coefficient (Wildman–Crippen LogP) is 3.06. The van der Waals surface area contributed by atoms with Crippen LogP contribution in [0.4, 0.5) is 11.4 Å². The molecule has 2 amide bonds. The van der Waals surface area contributed by atoms with Crippen LogP contribution in [-0.4, -0.2) is 17.5 Å². The average molecular weight is 345 g/mol. The quantitative estimate of drug-likeness (QED) is 0.442. The van der Waals surface area contributed by atoms with Gasteiger partial charge in [0.15, 0.2) is 0 Å². The van der Waals surface area contributed by atoms with E-state index in [2.05, 4.69) is 15.8 Å². The number of para-hydroxylation sites is 1. The first kappa shape index (κ1) is 17.5. The van der Waals surface area contributed by atoms with Crippen molar-refractivity contribution in [3.63, 3.8) is 0 Å². The number of nitrogen functional groups attached to an aromatic ring is 1. The van der Waals surface area contributed by atoms with Crippen LogP contribution in [0.25, 0.3) is 0 Å². The highest BCUT2D eigenvalue weighted by Gasteiger charge is 2.09. The third-order valence-electron chi connectivity index (χ3n) is 3.10. The smallest absolute Gasteiger partial charge is 0.273 e. The number of nitrogens with zero attached hydrogens (tertiary/aromatic N) is 1. The third-order valence-corrected chi connectivity index (χ3v) is 3.35. The van der Waals surface area contributed by atoms with Gasteiger partial charge >= 0.3 is 0 Å². The second kappa shape index (κ2) is 8.12. The minimum Gasteiger partial charge on any atom is -0.398 e. The van der Waals surface area contributed by atoms with Gasteiger partial charge in [0.1, 0.15) is 0 Å². The van der Waals surface area contributed by atoms with E-state index in [1.165, 1.54) is 0 Å². The second-order valence-corrected chi connectivity index (χ2v) is 5.54. The van der Waals surface area contributed by atoms with Crippen molar-refractivity contribution in [3.8, 4) is 0 Å². The molecule has 0 unspecified atom stereocenters. The van der Waals surface area contributed by atoms with Crippen molar-refractivity contribution in [1.29, 1.82) is 0 Å². The molecule has 0 atom stereocenters. The molecule has 2 aromatic carbocycles. The number of benzene rings is 2. The molecule has 0 spiro atoms. The zero-order chi connectivity index (χ0) is 17.5. The van der Waals surface area contributed by atoms with E-state index in [1.807, 2.05) is 0 Å². The Hall–Kier alpha value is -2.86. The Bertz CT molecular complexity index is 772. The lowest BCUT2D eigenvalue weighted by atomic mass is 10.2. The molecule has 0 fully saturated rings. The van der Waals surface area contributed by atoms with Gasteiger partial charge in [-0.25, -0.2) is 5.43 Å². The summed E-state index contributed by atoms with van der Waals surface area (Å²) in [5, 5.41) is 7.23. The molecule has 0 saturated carbocycles. The van der Waals surface area contributed by atoms with Gasteiger partial charge in [0, 0.05) is 22.1 Å². The number of halogens is 1. The first-order chi connectivity index (χ1) is 11.5. The van der Waals surface area contributed by atoms with Crippen LogP contribution >= 0.6 is 11.6 Å². The van der Waals surface area contributed by atoms with E-state index in [9.17, 15) is 9.59 Å². The first-order valence-corrected chi connectivity index (χ1v) is 7.57. The Labute approximate surface area is 144 Å². The standard InChI is InChI=1S/C17H17ClN4O2/c1-11(10-16(23)20-13-8-6-12(18)7-9-13)21-22-17(24)14-4-2-3-5-15(14)19/h2-9H,10,19H2,1H3,(H,20,23)(H,22,24)/b21-11+. The predicted molar refractivity (Wildman–Crippen MR) is 96.1 cm³/mol. The number of carbonyl (C=O) groups excluding carboxylic acids is 2. The Morgan fingerprint density at radius 3 is 2.46 bits per heavy atom. The summed E-state index contributed by atoms with van der Waals surface area (Å²) in [5.74, 6) is -0.669. The lowest BCUT2D eigenvalue weighted by Crippen LogP contribution is -2.22. The second-order valence-electron chi connectivity index (χ2n) is 5.11. The van der Waals surface area contributed by atoms with Crippen molar-refractivity contribution in [2.24, 2.45) is 5.10 Å². The zero-order valence-corrected chi connectivity index (χ0v) is 13.8. The minimum atomic E-state index is -0.425. The number of amides is 2. The molecule has 124 valence electrons. The van der Waals surface area contributed by atoms with E-state index in [1.54, 1.807) is 55.5 Å². The maximum atomic E-state index is 12.0. The van der Waals surface area contributed by atoms with Crippen molar-refractivity contribution in [3.05, 3.63) is 59.1 Å². The molecule has 4 N–H and O–H groups in total. The Morgan fingerprint density at radius 1 is 1.12 bits per heavy atom. The highest BCUT2D eigenvalue weighted by molar-refractivity contribution is 6.30. The van der Waals surface area contributed by atoms with Crippen LogP contribution in [0.3, 0.4) is 0 Å². The molecular weight excluding hydrogens is 328 g/mol. The number of nitrogens with two attached hydrogens (primary N) is 1. The summed E-state index contributed by atoms with van der Waals surface area (Å²) in [5.41, 5.74) is 9.91. The van der Waals surface area contributed by atoms with Crippen LogP contribution in [0.15, 0.2) is 53.6 Å². The molecule has 0 heterocycles. The largest absolute Gasteiger partial charge is 0.398 e. The van der Waals surface area contributed by atoms with Crippen molar-refractivity contribution in [1.82, 2.24) is 5.43 Å². The molecule has 0 aliphatic carbocycles. The van der Waals surface area contributed by atoms with E-state index in [0.717, 1.165) is 0 Å². The van der Waals surface area contributed by atoms with Crippen molar-refractivity contribution >= 4 is 40.5 Å². The van der Waals surface area contributed by atoms with Crippen molar-refractivity contribution in [2.75, 3.05) is 11.1 Å². The first-order valence-electron chi connectivity index (χ1n) is 7.19. The summed E-state index contributed by atoms with van der Waals surface area (Å²) in [6, 6.07) is 13.4. The fraction of sp³-hybridized carbons (Fsp3) is 0.118. The maximum absolute atomic E-state index is 12.0. The molecule has 0 aromatic heterocycles. The zero-order valence-electron chi connectivity index (χ0n) is 13.0. The van der Waals surface area contributed by atoms with Gasteiger partial charge < -0.3 is 11.1 Å². The molecule has 0 bridgehead atoms. The molecule has 0 saturated heterocycles. The Morgan fingerprint density at radius 2 is 1.79 bits per heavy atom. The summed E-state index contributed by atoms with van der Waals surface area (Å²) < 4.78 is 0. The molecule has 0 aliphatic heterocycles. The average Bonchev–Trinajstić information content (AvgIpc) is 2.55. The minimum absolute atomic E-state index is 0.0488. The van der Waals surface area contributed by atoms with Gasteiger partial charge in [0.25, 0.3) is 5.91 Å². The molecule has 7 heteroatoms. The van der Waals surface area contributed by atoms with Crippen LogP contribution in [-0.2, 0) is 4.79 Å². The van der Waals surface area contributed by atoms with Gasteiger partial charge in [-0.2, -0.15) is 5.10 Å². The van der Waals surface area contributed by atoms with Gasteiger partial charge in [0.2, 0.25) is 5.91 Å². The van der Waals surface area contributed by atoms with Crippen LogP contribution in [0.5, 0.6) is 0 Å². The number of hydrogen-bond donors (Lipinski definition) is 3. The highest BCUT2D eigenvalue weighted by atomic mass is 35.5. The summed E-state index contributed by atoms with van der Waals surface area (Å²) in [4.78, 5) is 23.9. The normalized spacial score (nSPS) is 11.0. The number of hydrogen-bond acceptors (Lipinski definition) is 4. The van der Waals surface area contributed by atoms with E-state index in [-0.39, 0.29) is 12.3 Å². The molecule has 2 aromatic rings. The Balaban J connectivity index is 1.89. The third kappa shape index (κ3) is 5.10. The fourth-order valence-electron chi connectivity index (χ4n) is 1.92. The van der Waals surface area contributed by atoms with E-state index >= 15 is 0 Å². The van der Waals surface area contributed by atoms with Crippen LogP contribution < -0.4 is 16.5 Å². The summed E-state index contributed by atoms with van der Waals surface area (Å²) in [6.45, 7) is 1.65. The highest BCUT2D eigenvalue weighted by Crippen LogP contribution is 2.13. The van der Waals surface area contributed by atoms with Gasteiger partial charge in [-0.1, -0.05) is 23.7 Å². The summed E-state index contributed by atoms with van der Waals surface area (Å²) in [7, 11) is 0. The number of carbonyl (C=O) groups is 2. The van der Waals surface area contributed by atoms with Crippen molar-refractivity contribution in [2.45, 2.75) is 13.3 Å². The van der Waals surface area contributed by atoms with Crippen molar-refractivity contribution < 1.29 is 9.59 Å². The van der Waals surface area contributed by atoms with Gasteiger partial charge in [0.05, 0.1) is 12.0 Å². The monoisotopic (exact) mass is 344 g/mol. The van der Waals surface area contributed by atoms with E-state index in [4.69, 9.17) is 17.3 Å². The molecule has 2 rings (SSSR count). The van der Waals surface area contributed by atoms with Crippen LogP contribution in [0.2, 0.25) is 5.02 Å². The fourth-order valence-corrected chi connectivity index (χ4v) is 2.05. The molecular formula is C17H17ClN4O2. The molecule has 24 heavy (non-hydrogen) atoms. The lowest BCUT2D eigenvalue weighted by molar-refractivity contribution is -0.115. The molecule has 0 aliphatic rings. The Kier molecular flexibility index (Phi) is 5.92. The number of anilines is 2. The summed E-state index contributed by atoms with van der Waals surface area (Å²) >= 11 is 5.78. The number of rotatable bonds is 5. The molecule has 0 radical (unpaired) electrons. The molecule has 6 nitrogen and oxygen atoms in total. The SMILES string of the molecule is C/C(CC(=O)Nc1ccc(Cl)cc1)=N\NC(=O)c1ccccc1N. The van der Waals surface area contributed by atoms with Crippen LogP contribution in [0, 0.1) is 0 Å².